The van der Waals surface area contributed by atoms with Gasteiger partial charge in [-0.15, -0.1) is 0 Å². The number of nitro groups is 1. The largest absolute Gasteiger partial charge is 0.500 e. The minimum Gasteiger partial charge on any atom is -0.500 e. The summed E-state index contributed by atoms with van der Waals surface area (Å²) in [5, 5.41) is 27.7. The monoisotopic (exact) mass is 326 g/mol. The van der Waals surface area contributed by atoms with E-state index in [9.17, 15) is 15.2 Å². The van der Waals surface area contributed by atoms with Gasteiger partial charge in [-0.05, 0) is 24.7 Å². The zero-order valence-corrected chi connectivity index (χ0v) is 13.1. The number of hydrazone groups is 1. The number of nitro benzene ring substituents is 1. The number of phenolic OH excluding ortho intramolecular Hbond substituents is 1. The van der Waals surface area contributed by atoms with Crippen molar-refractivity contribution >= 4 is 29.2 Å². The summed E-state index contributed by atoms with van der Waals surface area (Å²) in [5.74, 6) is -0.520. The Morgan fingerprint density at radius 2 is 2.32 bits per heavy atom. The van der Waals surface area contributed by atoms with Gasteiger partial charge in [0.2, 0.25) is 5.75 Å². The first-order chi connectivity index (χ1) is 10.5. The SMILES string of the molecule is CCCCNC(=S)N/N=C/c1cc(OC)c(O)c([N+](=O)[O-])c1. The fraction of sp³-hybridized carbons (Fsp3) is 0.385. The van der Waals surface area contributed by atoms with Crippen LogP contribution in [0, 0.1) is 10.1 Å². The molecule has 22 heavy (non-hydrogen) atoms. The van der Waals surface area contributed by atoms with Gasteiger partial charge in [0.1, 0.15) is 0 Å². The smallest absolute Gasteiger partial charge is 0.315 e. The van der Waals surface area contributed by atoms with E-state index in [0.29, 0.717) is 10.7 Å². The lowest BCUT2D eigenvalue weighted by Crippen LogP contribution is -2.32. The van der Waals surface area contributed by atoms with Crippen molar-refractivity contribution in [1.82, 2.24) is 10.7 Å². The number of unbranched alkanes of at least 4 members (excludes halogenated alkanes) is 1. The number of aromatic hydroxyl groups is 1. The van der Waals surface area contributed by atoms with E-state index in [1.807, 2.05) is 0 Å². The van der Waals surface area contributed by atoms with Crippen molar-refractivity contribution < 1.29 is 14.8 Å². The quantitative estimate of drug-likeness (QED) is 0.231. The van der Waals surface area contributed by atoms with Gasteiger partial charge in [-0.2, -0.15) is 5.10 Å². The van der Waals surface area contributed by atoms with Crippen LogP contribution in [0.25, 0.3) is 0 Å². The molecule has 1 aromatic rings. The van der Waals surface area contributed by atoms with E-state index in [0.717, 1.165) is 19.4 Å². The lowest BCUT2D eigenvalue weighted by molar-refractivity contribution is -0.386. The van der Waals surface area contributed by atoms with Crippen molar-refractivity contribution in [2.24, 2.45) is 5.10 Å². The van der Waals surface area contributed by atoms with Gasteiger partial charge >= 0.3 is 5.69 Å². The number of methoxy groups -OCH3 is 1. The van der Waals surface area contributed by atoms with Gasteiger partial charge in [0.15, 0.2) is 10.9 Å². The second kappa shape index (κ2) is 8.78. The van der Waals surface area contributed by atoms with Crippen LogP contribution in [-0.4, -0.2) is 35.0 Å². The predicted octanol–water partition coefficient (Wildman–Crippen LogP) is 1.91. The van der Waals surface area contributed by atoms with E-state index < -0.39 is 16.4 Å². The number of hydrogen-bond donors (Lipinski definition) is 3. The maximum atomic E-state index is 10.9. The van der Waals surface area contributed by atoms with E-state index in [1.165, 1.54) is 25.5 Å². The summed E-state index contributed by atoms with van der Waals surface area (Å²) in [6.45, 7) is 2.82. The summed E-state index contributed by atoms with van der Waals surface area (Å²) in [6, 6.07) is 2.62. The summed E-state index contributed by atoms with van der Waals surface area (Å²) in [7, 11) is 1.31. The number of rotatable bonds is 7. The average molecular weight is 326 g/mol. The normalized spacial score (nSPS) is 10.5. The predicted molar refractivity (Wildman–Crippen MR) is 87.6 cm³/mol. The van der Waals surface area contributed by atoms with Gasteiger partial charge in [0, 0.05) is 18.2 Å². The Morgan fingerprint density at radius 1 is 1.59 bits per heavy atom. The van der Waals surface area contributed by atoms with Crippen molar-refractivity contribution in [3.63, 3.8) is 0 Å². The molecular formula is C13H18N4O4S. The first-order valence-electron chi connectivity index (χ1n) is 6.61. The van der Waals surface area contributed by atoms with Gasteiger partial charge in [-0.1, -0.05) is 13.3 Å². The molecule has 0 saturated heterocycles. The Bertz CT molecular complexity index is 577. The molecule has 0 aliphatic heterocycles. The highest BCUT2D eigenvalue weighted by molar-refractivity contribution is 7.80. The zero-order valence-electron chi connectivity index (χ0n) is 12.3. The molecule has 0 aliphatic rings. The van der Waals surface area contributed by atoms with Crippen LogP contribution < -0.4 is 15.5 Å². The highest BCUT2D eigenvalue weighted by atomic mass is 32.1. The molecule has 0 aliphatic carbocycles. The van der Waals surface area contributed by atoms with Crippen LogP contribution in [0.4, 0.5) is 5.69 Å². The van der Waals surface area contributed by atoms with Gasteiger partial charge in [-0.25, -0.2) is 0 Å². The zero-order chi connectivity index (χ0) is 16.5. The third kappa shape index (κ3) is 5.17. The molecule has 0 unspecified atom stereocenters. The molecule has 1 rings (SSSR count). The molecule has 1 aromatic carbocycles. The van der Waals surface area contributed by atoms with E-state index in [1.54, 1.807) is 0 Å². The van der Waals surface area contributed by atoms with Crippen molar-refractivity contribution in [3.8, 4) is 11.5 Å². The topological polar surface area (TPSA) is 109 Å². The Kier molecular flexibility index (Phi) is 7.03. The summed E-state index contributed by atoms with van der Waals surface area (Å²) in [6.07, 6.45) is 3.39. The molecule has 0 aromatic heterocycles. The Balaban J connectivity index is 2.76. The van der Waals surface area contributed by atoms with E-state index in [-0.39, 0.29) is 5.75 Å². The Labute approximate surface area is 133 Å². The van der Waals surface area contributed by atoms with Crippen LogP contribution in [0.1, 0.15) is 25.3 Å². The van der Waals surface area contributed by atoms with Crippen LogP contribution in [0.5, 0.6) is 11.5 Å². The fourth-order valence-corrected chi connectivity index (χ4v) is 1.72. The van der Waals surface area contributed by atoms with Crippen LogP contribution in [0.15, 0.2) is 17.2 Å². The van der Waals surface area contributed by atoms with Crippen molar-refractivity contribution in [2.45, 2.75) is 19.8 Å². The first kappa shape index (κ1) is 17.6. The van der Waals surface area contributed by atoms with E-state index in [4.69, 9.17) is 17.0 Å². The van der Waals surface area contributed by atoms with Crippen molar-refractivity contribution in [1.29, 1.82) is 0 Å². The molecule has 0 amide bonds. The van der Waals surface area contributed by atoms with Crippen LogP contribution in [0.2, 0.25) is 0 Å². The summed E-state index contributed by atoms with van der Waals surface area (Å²) in [4.78, 5) is 10.2. The lowest BCUT2D eigenvalue weighted by atomic mass is 10.2. The molecule has 0 atom stereocenters. The molecule has 9 heteroatoms. The number of hydrogen-bond acceptors (Lipinski definition) is 6. The second-order valence-corrected chi connectivity index (χ2v) is 4.74. The van der Waals surface area contributed by atoms with Gasteiger partial charge in [0.05, 0.1) is 18.2 Å². The number of thiocarbonyl (C=S) groups is 1. The summed E-state index contributed by atoms with van der Waals surface area (Å²) >= 11 is 5.01. The molecule has 3 N–H and O–H groups in total. The van der Waals surface area contributed by atoms with Gasteiger partial charge < -0.3 is 15.2 Å². The van der Waals surface area contributed by atoms with Crippen LogP contribution >= 0.6 is 12.2 Å². The number of phenols is 1. The minimum atomic E-state index is -0.695. The maximum Gasteiger partial charge on any atom is 0.315 e. The van der Waals surface area contributed by atoms with Gasteiger partial charge in [-0.3, -0.25) is 15.5 Å². The van der Waals surface area contributed by atoms with E-state index in [2.05, 4.69) is 22.8 Å². The molecule has 0 radical (unpaired) electrons. The Hall–Kier alpha value is -2.42. The number of benzene rings is 1. The minimum absolute atomic E-state index is 0.000651. The standard InChI is InChI=1S/C13H18N4O4S/c1-3-4-5-14-13(22)16-15-8-9-6-10(17(19)20)12(18)11(7-9)21-2/h6-8,18H,3-5H2,1-2H3,(H2,14,16,22)/b15-8+. The summed E-state index contributed by atoms with van der Waals surface area (Å²) in [5.41, 5.74) is 2.55. The fourth-order valence-electron chi connectivity index (χ4n) is 1.57. The van der Waals surface area contributed by atoms with E-state index >= 15 is 0 Å². The van der Waals surface area contributed by atoms with Crippen LogP contribution in [-0.2, 0) is 0 Å². The van der Waals surface area contributed by atoms with Crippen molar-refractivity contribution in [2.75, 3.05) is 13.7 Å². The second-order valence-electron chi connectivity index (χ2n) is 4.33. The highest BCUT2D eigenvalue weighted by Gasteiger charge is 2.19. The molecule has 0 saturated carbocycles. The first-order valence-corrected chi connectivity index (χ1v) is 7.02. The molecule has 0 spiro atoms. The highest BCUT2D eigenvalue weighted by Crippen LogP contribution is 2.36. The number of ether oxygens (including phenoxy) is 1. The molecule has 0 bridgehead atoms. The molecule has 0 heterocycles. The van der Waals surface area contributed by atoms with Crippen molar-refractivity contribution in [3.05, 3.63) is 27.8 Å². The third-order valence-corrected chi connectivity index (χ3v) is 2.92. The van der Waals surface area contributed by atoms with Gasteiger partial charge in [0.25, 0.3) is 0 Å². The molecule has 0 fully saturated rings. The number of nitrogens with zero attached hydrogens (tertiary/aromatic N) is 2. The van der Waals surface area contributed by atoms with Crippen LogP contribution in [0.3, 0.4) is 0 Å². The average Bonchev–Trinajstić information content (AvgIpc) is 2.48. The summed E-state index contributed by atoms with van der Waals surface area (Å²) < 4.78 is 4.89. The molecule has 8 nitrogen and oxygen atoms in total. The molecule has 120 valence electrons. The lowest BCUT2D eigenvalue weighted by Gasteiger charge is -2.06. The third-order valence-electron chi connectivity index (χ3n) is 2.69. The maximum absolute atomic E-state index is 10.9. The Morgan fingerprint density at radius 3 is 2.91 bits per heavy atom. The molecular weight excluding hydrogens is 308 g/mol. The number of nitrogens with one attached hydrogen (secondary N) is 2.